The Morgan fingerprint density at radius 1 is 0.842 bits per heavy atom. The first kappa shape index (κ1) is 33.3. The van der Waals surface area contributed by atoms with Crippen molar-refractivity contribution in [3.8, 4) is 0 Å². The summed E-state index contributed by atoms with van der Waals surface area (Å²) < 4.78 is 4.13. The van der Waals surface area contributed by atoms with Crippen LogP contribution in [0.2, 0.25) is 0 Å². The molecule has 1 N–H and O–H groups in total. The Bertz CT molecular complexity index is 206. The van der Waals surface area contributed by atoms with Crippen LogP contribution in [0.5, 0.6) is 0 Å². The van der Waals surface area contributed by atoms with Gasteiger partial charge >= 0.3 is 107 Å². The SMILES string of the molecule is CC(C)(C)O.CC(C)(C)[N]=[Ta].[CH3-].[CH3-].[Cl][Ta]([Cl])([Cl])([Cl])[Cl]. The van der Waals surface area contributed by atoms with Gasteiger partial charge < -0.3 is 20.0 Å². The maximum atomic E-state index is 8.52. The van der Waals surface area contributed by atoms with E-state index < -0.39 is 16.0 Å². The summed E-state index contributed by atoms with van der Waals surface area (Å²) >= 11 is 1.15. The van der Waals surface area contributed by atoms with E-state index in [1.807, 2.05) is 0 Å². The van der Waals surface area contributed by atoms with Crippen LogP contribution < -0.4 is 0 Å². The molecule has 0 aliphatic heterocycles. The number of rotatable bonds is 0. The molecule has 0 saturated heterocycles. The fourth-order valence-electron chi connectivity index (χ4n) is 0. The Hall–Kier alpha value is 2.69. The van der Waals surface area contributed by atoms with Gasteiger partial charge in [-0.15, -0.1) is 0 Å². The Balaban J connectivity index is -0.0000000492. The van der Waals surface area contributed by atoms with Crippen LogP contribution in [0.25, 0.3) is 0 Å². The Labute approximate surface area is 151 Å². The third-order valence-corrected chi connectivity index (χ3v) is 2.46. The van der Waals surface area contributed by atoms with Crippen molar-refractivity contribution < 1.29 is 36.4 Å². The van der Waals surface area contributed by atoms with E-state index in [9.17, 15) is 0 Å². The Morgan fingerprint density at radius 2 is 0.895 bits per heavy atom. The molecular weight excluding hydrogens is 689 g/mol. The van der Waals surface area contributed by atoms with E-state index in [2.05, 4.69) is 24.1 Å². The Kier molecular flexibility index (Phi) is 21.3. The summed E-state index contributed by atoms with van der Waals surface area (Å²) in [6.45, 7) is 11.5. The molecule has 0 heterocycles. The third-order valence-electron chi connectivity index (χ3n) is 0.300. The summed E-state index contributed by atoms with van der Waals surface area (Å²) in [5.74, 6) is 0. The van der Waals surface area contributed by atoms with Gasteiger partial charge in [0.25, 0.3) is 0 Å². The molecule has 123 valence electrons. The average Bonchev–Trinajstić information content (AvgIpc) is 1.75. The molecule has 0 aromatic carbocycles. The zero-order valence-electron chi connectivity index (χ0n) is 12.7. The van der Waals surface area contributed by atoms with Gasteiger partial charge in [-0.3, -0.25) is 0 Å². The summed E-state index contributed by atoms with van der Waals surface area (Å²) in [7, 11) is 20.9. The van der Waals surface area contributed by atoms with Crippen LogP contribution in [0.3, 0.4) is 0 Å². The van der Waals surface area contributed by atoms with Crippen LogP contribution in [0.15, 0.2) is 3.34 Å². The summed E-state index contributed by atoms with van der Waals surface area (Å²) in [6, 6.07) is 0. The molecule has 19 heavy (non-hydrogen) atoms. The van der Waals surface area contributed by atoms with E-state index in [0.29, 0.717) is 0 Å². The molecule has 0 unspecified atom stereocenters. The number of aliphatic hydroxyl groups is 1. The standard InChI is InChI=1S/C4H9N.C4H10O.2CH3.5ClH.2Ta/c2*1-4(2,3)5;;;;;;;;;/h1-3H3;5H,1-3H3;2*1H3;5*1H;;/q;;2*-1;;;;;;;+5/p-5. The monoisotopic (exact) mass is 712 g/mol. The van der Waals surface area contributed by atoms with E-state index in [0.717, 1.165) is 20.9 Å². The zero-order chi connectivity index (χ0) is 15.2. The number of hydrogen-bond acceptors (Lipinski definition) is 2. The van der Waals surface area contributed by atoms with E-state index in [1.165, 1.54) is 0 Å². The van der Waals surface area contributed by atoms with E-state index in [-0.39, 0.29) is 20.4 Å². The molecule has 0 radical (unpaired) electrons. The first-order valence-corrected chi connectivity index (χ1v) is 25.8. The molecular formula is C10H25Cl5NOTa2-2. The zero-order valence-corrected chi connectivity index (χ0v) is 22.9. The molecule has 0 rings (SSSR count). The van der Waals surface area contributed by atoms with E-state index in [1.54, 1.807) is 20.8 Å². The number of halogens is 5. The van der Waals surface area contributed by atoms with E-state index in [4.69, 9.17) is 51.1 Å². The molecule has 0 bridgehead atoms. The van der Waals surface area contributed by atoms with Crippen molar-refractivity contribution in [2.24, 2.45) is 3.34 Å². The molecule has 0 fully saturated rings. The van der Waals surface area contributed by atoms with Crippen LogP contribution in [-0.4, -0.2) is 16.2 Å². The van der Waals surface area contributed by atoms with Crippen molar-refractivity contribution in [1.29, 1.82) is 0 Å². The summed E-state index contributed by atoms with van der Waals surface area (Å²) in [4.78, 5) is 0. The quantitative estimate of drug-likeness (QED) is 0.281. The fraction of sp³-hybridized carbons (Fsp3) is 0.800. The van der Waals surface area contributed by atoms with Crippen LogP contribution >= 0.6 is 45.9 Å². The second kappa shape index (κ2) is 12.2. The van der Waals surface area contributed by atoms with Crippen LogP contribution in [0.1, 0.15) is 41.5 Å². The van der Waals surface area contributed by atoms with Gasteiger partial charge in [-0.05, 0) is 20.8 Å². The molecule has 0 saturated carbocycles. The molecule has 9 heteroatoms. The molecule has 0 spiro atoms. The maximum absolute atomic E-state index is 8.52. The van der Waals surface area contributed by atoms with Crippen molar-refractivity contribution in [1.82, 2.24) is 0 Å². The summed E-state index contributed by atoms with van der Waals surface area (Å²) in [5.41, 5.74) is -0.284. The van der Waals surface area contributed by atoms with Crippen LogP contribution in [0.4, 0.5) is 0 Å². The molecule has 0 atom stereocenters. The van der Waals surface area contributed by atoms with Crippen molar-refractivity contribution in [2.75, 3.05) is 0 Å². The molecule has 0 aromatic rings. The topological polar surface area (TPSA) is 32.6 Å². The third kappa shape index (κ3) is 223. The minimum absolute atomic E-state index is 0. The summed E-state index contributed by atoms with van der Waals surface area (Å²) in [5, 5.41) is 8.52. The Morgan fingerprint density at radius 3 is 0.895 bits per heavy atom. The molecule has 0 aliphatic carbocycles. The van der Waals surface area contributed by atoms with Crippen LogP contribution in [-0.2, 0) is 31.3 Å². The average molecular weight is 714 g/mol. The molecule has 0 amide bonds. The van der Waals surface area contributed by atoms with Gasteiger partial charge in [-0.1, -0.05) is 0 Å². The van der Waals surface area contributed by atoms with Gasteiger partial charge in [0.15, 0.2) is 0 Å². The first-order chi connectivity index (χ1) is 6.80. The van der Waals surface area contributed by atoms with Crippen molar-refractivity contribution in [3.63, 3.8) is 0 Å². The van der Waals surface area contributed by atoms with Crippen molar-refractivity contribution >= 4 is 45.9 Å². The van der Waals surface area contributed by atoms with Gasteiger partial charge in [0, 0.05) is 0 Å². The van der Waals surface area contributed by atoms with Gasteiger partial charge in [-0.25, -0.2) is 0 Å². The van der Waals surface area contributed by atoms with Gasteiger partial charge in [0.2, 0.25) is 0 Å². The van der Waals surface area contributed by atoms with Gasteiger partial charge in [0.05, 0.1) is 5.60 Å². The van der Waals surface area contributed by atoms with Gasteiger partial charge in [-0.2, -0.15) is 0 Å². The molecule has 2 nitrogen and oxygen atoms in total. The predicted octanol–water partition coefficient (Wildman–Crippen LogP) is 6.64. The normalized spacial score (nSPS) is 12.7. The van der Waals surface area contributed by atoms with Gasteiger partial charge in [0.1, 0.15) is 0 Å². The molecule has 0 aliphatic rings. The number of nitrogens with zero attached hydrogens (tertiary/aromatic N) is 1. The first-order valence-electron chi connectivity index (χ1n) is 4.49. The second-order valence-electron chi connectivity index (χ2n) is 5.08. The minimum atomic E-state index is -4.44. The summed E-state index contributed by atoms with van der Waals surface area (Å²) in [6.07, 6.45) is 0. The van der Waals surface area contributed by atoms with Crippen molar-refractivity contribution in [3.05, 3.63) is 14.9 Å². The molecule has 0 aromatic heterocycles. The second-order valence-corrected chi connectivity index (χ2v) is 52.2. The fourth-order valence-corrected chi connectivity index (χ4v) is 0. The van der Waals surface area contributed by atoms with E-state index >= 15 is 0 Å². The predicted molar refractivity (Wildman–Crippen MR) is 86.2 cm³/mol. The van der Waals surface area contributed by atoms with Crippen LogP contribution in [0, 0.1) is 14.9 Å². The number of hydrogen-bond donors (Lipinski definition) is 1. The van der Waals surface area contributed by atoms with Crippen molar-refractivity contribution in [2.45, 2.75) is 52.7 Å².